The molecule has 1 aromatic carbocycles. The minimum atomic E-state index is -0.104. The summed E-state index contributed by atoms with van der Waals surface area (Å²) < 4.78 is 6.97. The number of hydrogen-bond acceptors (Lipinski definition) is 5. The van der Waals surface area contributed by atoms with Gasteiger partial charge in [0.25, 0.3) is 5.56 Å². The van der Waals surface area contributed by atoms with E-state index >= 15 is 0 Å². The van der Waals surface area contributed by atoms with Crippen LogP contribution in [0.25, 0.3) is 33.8 Å². The SMILES string of the molecule is Cc1nc(-c2cc(-c3ccccc3)c3n(c2=O)CCCc2ccncc2-3)no1. The Bertz CT molecular complexity index is 1230. The quantitative estimate of drug-likeness (QED) is 0.535. The van der Waals surface area contributed by atoms with Crippen molar-refractivity contribution in [1.29, 1.82) is 0 Å². The zero-order chi connectivity index (χ0) is 19.1. The Morgan fingerprint density at radius 3 is 2.71 bits per heavy atom. The molecule has 0 fully saturated rings. The molecular formula is C22H18N4O2. The summed E-state index contributed by atoms with van der Waals surface area (Å²) >= 11 is 0. The summed E-state index contributed by atoms with van der Waals surface area (Å²) in [6.07, 6.45) is 5.46. The Morgan fingerprint density at radius 1 is 1.07 bits per heavy atom. The van der Waals surface area contributed by atoms with Crippen LogP contribution in [0, 0.1) is 6.92 Å². The smallest absolute Gasteiger partial charge is 0.262 e. The number of aromatic nitrogens is 4. The van der Waals surface area contributed by atoms with Gasteiger partial charge >= 0.3 is 0 Å². The first-order chi connectivity index (χ1) is 13.7. The molecule has 0 unspecified atom stereocenters. The minimum absolute atomic E-state index is 0.104. The fourth-order valence-electron chi connectivity index (χ4n) is 3.86. The molecule has 0 atom stereocenters. The predicted molar refractivity (Wildman–Crippen MR) is 106 cm³/mol. The molecule has 5 rings (SSSR count). The van der Waals surface area contributed by atoms with E-state index < -0.39 is 0 Å². The third-order valence-corrected chi connectivity index (χ3v) is 5.14. The van der Waals surface area contributed by atoms with Crippen LogP contribution < -0.4 is 5.56 Å². The summed E-state index contributed by atoms with van der Waals surface area (Å²) in [6.45, 7) is 2.35. The van der Waals surface area contributed by atoms with E-state index in [0.29, 0.717) is 23.8 Å². The number of nitrogens with zero attached hydrogens (tertiary/aromatic N) is 4. The fourth-order valence-corrected chi connectivity index (χ4v) is 3.86. The first-order valence-electron chi connectivity index (χ1n) is 9.29. The Labute approximate surface area is 161 Å². The van der Waals surface area contributed by atoms with Gasteiger partial charge in [0.1, 0.15) is 0 Å². The van der Waals surface area contributed by atoms with Crippen molar-refractivity contribution >= 4 is 0 Å². The summed E-state index contributed by atoms with van der Waals surface area (Å²) in [5.74, 6) is 0.760. The summed E-state index contributed by atoms with van der Waals surface area (Å²) in [6, 6.07) is 14.0. The standard InChI is InChI=1S/C22H18N4O2/c1-14-24-21(25-28-14)18-12-17(15-6-3-2-4-7-15)20-19-13-23-10-9-16(19)8-5-11-26(20)22(18)27/h2-4,6-7,9-10,12-13H,5,8,11H2,1H3. The topological polar surface area (TPSA) is 73.8 Å². The highest BCUT2D eigenvalue weighted by Crippen LogP contribution is 2.36. The van der Waals surface area contributed by atoms with E-state index in [2.05, 4.69) is 15.1 Å². The summed E-state index contributed by atoms with van der Waals surface area (Å²) in [4.78, 5) is 22.0. The van der Waals surface area contributed by atoms with Crippen LogP contribution in [-0.4, -0.2) is 19.7 Å². The molecule has 0 saturated heterocycles. The Morgan fingerprint density at radius 2 is 1.93 bits per heavy atom. The molecule has 4 heterocycles. The van der Waals surface area contributed by atoms with Gasteiger partial charge in [0, 0.05) is 37.0 Å². The molecule has 0 spiro atoms. The Balaban J connectivity index is 1.89. The lowest BCUT2D eigenvalue weighted by molar-refractivity contribution is 0.394. The average Bonchev–Trinajstić information content (AvgIpc) is 3.06. The van der Waals surface area contributed by atoms with Crippen molar-refractivity contribution in [1.82, 2.24) is 19.7 Å². The molecule has 0 aliphatic carbocycles. The molecule has 0 saturated carbocycles. The highest BCUT2D eigenvalue weighted by atomic mass is 16.5. The van der Waals surface area contributed by atoms with Gasteiger partial charge in [-0.05, 0) is 36.1 Å². The molecule has 0 bridgehead atoms. The molecule has 1 aliphatic heterocycles. The third-order valence-electron chi connectivity index (χ3n) is 5.14. The number of fused-ring (bicyclic) bond motifs is 3. The minimum Gasteiger partial charge on any atom is -0.339 e. The zero-order valence-corrected chi connectivity index (χ0v) is 15.4. The second-order valence-corrected chi connectivity index (χ2v) is 6.92. The van der Waals surface area contributed by atoms with Crippen LogP contribution in [0.1, 0.15) is 17.9 Å². The van der Waals surface area contributed by atoms with Gasteiger partial charge in [0.05, 0.1) is 11.3 Å². The lowest BCUT2D eigenvalue weighted by Gasteiger charge is -2.18. The van der Waals surface area contributed by atoms with E-state index in [1.54, 1.807) is 6.92 Å². The molecule has 6 heteroatoms. The predicted octanol–water partition coefficient (Wildman–Crippen LogP) is 3.88. The van der Waals surface area contributed by atoms with Gasteiger partial charge in [-0.25, -0.2) is 0 Å². The van der Waals surface area contributed by atoms with Gasteiger partial charge in [-0.2, -0.15) is 4.98 Å². The normalized spacial score (nSPS) is 12.9. The molecule has 4 aromatic rings. The van der Waals surface area contributed by atoms with Gasteiger partial charge in [-0.15, -0.1) is 0 Å². The second kappa shape index (κ2) is 6.56. The number of benzene rings is 1. The van der Waals surface area contributed by atoms with E-state index in [9.17, 15) is 4.79 Å². The van der Waals surface area contributed by atoms with Crippen LogP contribution in [0.4, 0.5) is 0 Å². The van der Waals surface area contributed by atoms with Crippen molar-refractivity contribution in [2.45, 2.75) is 26.3 Å². The molecule has 138 valence electrons. The molecule has 28 heavy (non-hydrogen) atoms. The van der Waals surface area contributed by atoms with Crippen LogP contribution in [0.15, 0.2) is 64.2 Å². The highest BCUT2D eigenvalue weighted by molar-refractivity contribution is 5.85. The van der Waals surface area contributed by atoms with Gasteiger partial charge in [-0.1, -0.05) is 35.5 Å². The van der Waals surface area contributed by atoms with Gasteiger partial charge in [0.15, 0.2) is 0 Å². The largest absolute Gasteiger partial charge is 0.339 e. The van der Waals surface area contributed by atoms with E-state index in [0.717, 1.165) is 35.2 Å². The van der Waals surface area contributed by atoms with Crippen LogP contribution >= 0.6 is 0 Å². The Kier molecular flexibility index (Phi) is 3.90. The Hall–Kier alpha value is -3.54. The second-order valence-electron chi connectivity index (χ2n) is 6.92. The maximum atomic E-state index is 13.4. The number of pyridine rings is 2. The molecule has 1 aliphatic rings. The maximum absolute atomic E-state index is 13.4. The van der Waals surface area contributed by atoms with Crippen molar-refractivity contribution in [2.24, 2.45) is 0 Å². The van der Waals surface area contributed by atoms with Crippen LogP contribution in [0.2, 0.25) is 0 Å². The van der Waals surface area contributed by atoms with Crippen molar-refractivity contribution < 1.29 is 4.52 Å². The van der Waals surface area contributed by atoms with Crippen molar-refractivity contribution in [3.8, 4) is 33.8 Å². The van der Waals surface area contributed by atoms with Gasteiger partial charge in [-0.3, -0.25) is 9.78 Å². The molecule has 0 radical (unpaired) electrons. The summed E-state index contributed by atoms with van der Waals surface area (Å²) in [5.41, 5.74) is 5.46. The van der Waals surface area contributed by atoms with E-state index in [1.165, 1.54) is 5.56 Å². The van der Waals surface area contributed by atoms with E-state index in [1.807, 2.05) is 59.4 Å². The monoisotopic (exact) mass is 370 g/mol. The fraction of sp³-hybridized carbons (Fsp3) is 0.182. The van der Waals surface area contributed by atoms with Gasteiger partial charge < -0.3 is 9.09 Å². The lowest BCUT2D eigenvalue weighted by Crippen LogP contribution is -2.24. The molecule has 0 amide bonds. The molecular weight excluding hydrogens is 352 g/mol. The third kappa shape index (κ3) is 2.65. The number of aryl methyl sites for hydroxylation is 2. The van der Waals surface area contributed by atoms with Crippen LogP contribution in [0.3, 0.4) is 0 Å². The summed E-state index contributed by atoms with van der Waals surface area (Å²) in [5, 5.41) is 3.99. The molecule has 6 nitrogen and oxygen atoms in total. The molecule has 0 N–H and O–H groups in total. The zero-order valence-electron chi connectivity index (χ0n) is 15.4. The van der Waals surface area contributed by atoms with Crippen molar-refractivity contribution in [3.05, 3.63) is 76.7 Å². The van der Waals surface area contributed by atoms with Crippen LogP contribution in [-0.2, 0) is 13.0 Å². The van der Waals surface area contributed by atoms with Crippen molar-refractivity contribution in [3.63, 3.8) is 0 Å². The molecule has 3 aromatic heterocycles. The average molecular weight is 370 g/mol. The number of hydrogen-bond donors (Lipinski definition) is 0. The first kappa shape index (κ1) is 16.6. The van der Waals surface area contributed by atoms with E-state index in [-0.39, 0.29) is 5.56 Å². The summed E-state index contributed by atoms with van der Waals surface area (Å²) in [7, 11) is 0. The van der Waals surface area contributed by atoms with Gasteiger partial charge in [0.2, 0.25) is 11.7 Å². The maximum Gasteiger partial charge on any atom is 0.262 e. The van der Waals surface area contributed by atoms with E-state index in [4.69, 9.17) is 4.52 Å². The highest BCUT2D eigenvalue weighted by Gasteiger charge is 2.24. The number of rotatable bonds is 2. The van der Waals surface area contributed by atoms with Crippen molar-refractivity contribution in [2.75, 3.05) is 0 Å². The first-order valence-corrected chi connectivity index (χ1v) is 9.29. The lowest BCUT2D eigenvalue weighted by atomic mass is 9.95. The van der Waals surface area contributed by atoms with Crippen LogP contribution in [0.5, 0.6) is 0 Å².